The first-order chi connectivity index (χ1) is 9.07. The lowest BCUT2D eigenvalue weighted by Crippen LogP contribution is -2.56. The summed E-state index contributed by atoms with van der Waals surface area (Å²) < 4.78 is 0. The third kappa shape index (κ3) is 3.47. The molecule has 1 aliphatic carbocycles. The molecule has 2 fully saturated rings. The lowest BCUT2D eigenvalue weighted by Gasteiger charge is -2.30. The number of hydrogen-bond donors (Lipinski definition) is 3. The highest BCUT2D eigenvalue weighted by molar-refractivity contribution is 5.87. The summed E-state index contributed by atoms with van der Waals surface area (Å²) in [6.07, 6.45) is 5.76. The van der Waals surface area contributed by atoms with Crippen LogP contribution in [-0.2, 0) is 9.59 Å². The van der Waals surface area contributed by atoms with E-state index in [-0.39, 0.29) is 18.4 Å². The van der Waals surface area contributed by atoms with Crippen LogP contribution in [0.2, 0.25) is 0 Å². The Balaban J connectivity index is 1.98. The number of carboxylic acids is 1. The second-order valence-corrected chi connectivity index (χ2v) is 5.88. The van der Waals surface area contributed by atoms with Gasteiger partial charge < -0.3 is 15.7 Å². The zero-order valence-electron chi connectivity index (χ0n) is 11.6. The standard InChI is InChI=1S/C14H24N2O3/c1-2-6-14(7-3-8-15-14)13(19)16-11(9-12(17)18)10-4-5-10/h10-11,15H,2-9H2,1H3,(H,16,19)(H,17,18). The molecule has 2 unspecified atom stereocenters. The predicted octanol–water partition coefficient (Wildman–Crippen LogP) is 1.28. The summed E-state index contributed by atoms with van der Waals surface area (Å²) in [4.78, 5) is 23.4. The van der Waals surface area contributed by atoms with Crippen LogP contribution in [0.3, 0.4) is 0 Å². The Labute approximate surface area is 114 Å². The molecule has 2 atom stereocenters. The first-order valence-electron chi connectivity index (χ1n) is 7.35. The fourth-order valence-corrected chi connectivity index (χ4v) is 3.08. The molecule has 1 saturated carbocycles. The Morgan fingerprint density at radius 3 is 2.68 bits per heavy atom. The molecule has 3 N–H and O–H groups in total. The zero-order valence-corrected chi connectivity index (χ0v) is 11.6. The van der Waals surface area contributed by atoms with Gasteiger partial charge in [-0.25, -0.2) is 0 Å². The van der Waals surface area contributed by atoms with Crippen LogP contribution in [0.25, 0.3) is 0 Å². The summed E-state index contributed by atoms with van der Waals surface area (Å²) in [6.45, 7) is 2.95. The van der Waals surface area contributed by atoms with Gasteiger partial charge in [0.25, 0.3) is 0 Å². The van der Waals surface area contributed by atoms with Gasteiger partial charge >= 0.3 is 5.97 Å². The maximum Gasteiger partial charge on any atom is 0.305 e. The van der Waals surface area contributed by atoms with Crippen molar-refractivity contribution in [1.29, 1.82) is 0 Å². The largest absolute Gasteiger partial charge is 0.481 e. The number of amides is 1. The van der Waals surface area contributed by atoms with Gasteiger partial charge in [-0.05, 0) is 44.6 Å². The van der Waals surface area contributed by atoms with E-state index in [1.807, 2.05) is 0 Å². The van der Waals surface area contributed by atoms with Crippen LogP contribution in [0.5, 0.6) is 0 Å². The van der Waals surface area contributed by atoms with Crippen molar-refractivity contribution in [1.82, 2.24) is 10.6 Å². The highest BCUT2D eigenvalue weighted by Crippen LogP contribution is 2.35. The third-order valence-corrected chi connectivity index (χ3v) is 4.26. The van der Waals surface area contributed by atoms with Gasteiger partial charge in [-0.15, -0.1) is 0 Å². The Morgan fingerprint density at radius 2 is 2.21 bits per heavy atom. The van der Waals surface area contributed by atoms with Crippen LogP contribution in [0.1, 0.15) is 51.9 Å². The number of hydrogen-bond acceptors (Lipinski definition) is 3. The monoisotopic (exact) mass is 268 g/mol. The van der Waals surface area contributed by atoms with Crippen LogP contribution in [-0.4, -0.2) is 35.1 Å². The Bertz CT molecular complexity index is 347. The molecular formula is C14H24N2O3. The highest BCUT2D eigenvalue weighted by Gasteiger charge is 2.42. The second-order valence-electron chi connectivity index (χ2n) is 5.88. The van der Waals surface area contributed by atoms with Gasteiger partial charge in [0.15, 0.2) is 0 Å². The van der Waals surface area contributed by atoms with Gasteiger partial charge in [-0.1, -0.05) is 13.3 Å². The maximum atomic E-state index is 12.5. The summed E-state index contributed by atoms with van der Waals surface area (Å²) in [5.74, 6) is -0.466. The number of rotatable bonds is 7. The molecule has 0 aromatic rings. The van der Waals surface area contributed by atoms with E-state index in [9.17, 15) is 9.59 Å². The topological polar surface area (TPSA) is 78.4 Å². The van der Waals surface area contributed by atoms with Gasteiger partial charge in [0.05, 0.1) is 12.0 Å². The van der Waals surface area contributed by atoms with Crippen molar-refractivity contribution >= 4 is 11.9 Å². The van der Waals surface area contributed by atoms with Crippen LogP contribution in [0, 0.1) is 5.92 Å². The van der Waals surface area contributed by atoms with Crippen molar-refractivity contribution < 1.29 is 14.7 Å². The summed E-state index contributed by atoms with van der Waals surface area (Å²) in [5, 5.41) is 15.3. The maximum absolute atomic E-state index is 12.5. The fourth-order valence-electron chi connectivity index (χ4n) is 3.08. The molecule has 0 radical (unpaired) electrons. The van der Waals surface area contributed by atoms with Crippen LogP contribution >= 0.6 is 0 Å². The lowest BCUT2D eigenvalue weighted by molar-refractivity contribution is -0.138. The first-order valence-corrected chi connectivity index (χ1v) is 7.35. The van der Waals surface area contributed by atoms with Crippen LogP contribution in [0.15, 0.2) is 0 Å². The minimum Gasteiger partial charge on any atom is -0.481 e. The average Bonchev–Trinajstić information content (AvgIpc) is 3.09. The normalized spacial score (nSPS) is 28.1. The van der Waals surface area contributed by atoms with Crippen LogP contribution in [0.4, 0.5) is 0 Å². The molecule has 5 heteroatoms. The van der Waals surface area contributed by atoms with Gasteiger partial charge in [-0.3, -0.25) is 9.59 Å². The van der Waals surface area contributed by atoms with E-state index < -0.39 is 11.5 Å². The predicted molar refractivity (Wildman–Crippen MR) is 71.8 cm³/mol. The van der Waals surface area contributed by atoms with Crippen molar-refractivity contribution in [2.75, 3.05) is 6.54 Å². The number of carboxylic acid groups (broad SMARTS) is 1. The lowest BCUT2D eigenvalue weighted by atomic mass is 9.90. The molecule has 1 saturated heterocycles. The quantitative estimate of drug-likeness (QED) is 0.650. The molecular weight excluding hydrogens is 244 g/mol. The summed E-state index contributed by atoms with van der Waals surface area (Å²) in [6, 6.07) is -0.193. The van der Waals surface area contributed by atoms with E-state index >= 15 is 0 Å². The molecule has 2 aliphatic rings. The Morgan fingerprint density at radius 1 is 1.47 bits per heavy atom. The van der Waals surface area contributed by atoms with E-state index in [4.69, 9.17) is 5.11 Å². The van der Waals surface area contributed by atoms with Crippen molar-refractivity contribution in [2.45, 2.75) is 63.5 Å². The minimum atomic E-state index is -0.832. The molecule has 0 aromatic heterocycles. The van der Waals surface area contributed by atoms with E-state index in [1.54, 1.807) is 0 Å². The third-order valence-electron chi connectivity index (χ3n) is 4.26. The van der Waals surface area contributed by atoms with E-state index in [1.165, 1.54) is 0 Å². The van der Waals surface area contributed by atoms with Gasteiger partial charge in [0.1, 0.15) is 0 Å². The van der Waals surface area contributed by atoms with E-state index in [0.29, 0.717) is 5.92 Å². The zero-order chi connectivity index (χ0) is 13.9. The number of carbonyl (C=O) groups excluding carboxylic acids is 1. The van der Waals surface area contributed by atoms with E-state index in [2.05, 4.69) is 17.6 Å². The molecule has 0 spiro atoms. The van der Waals surface area contributed by atoms with Gasteiger partial charge in [0.2, 0.25) is 5.91 Å². The average molecular weight is 268 g/mol. The van der Waals surface area contributed by atoms with Gasteiger partial charge in [0, 0.05) is 6.04 Å². The fraction of sp³-hybridized carbons (Fsp3) is 0.857. The smallest absolute Gasteiger partial charge is 0.305 e. The van der Waals surface area contributed by atoms with Crippen molar-refractivity contribution in [3.63, 3.8) is 0 Å². The molecule has 0 bridgehead atoms. The summed E-state index contributed by atoms with van der Waals surface area (Å²) in [7, 11) is 0. The van der Waals surface area contributed by atoms with Crippen molar-refractivity contribution in [2.24, 2.45) is 5.92 Å². The highest BCUT2D eigenvalue weighted by atomic mass is 16.4. The number of carbonyl (C=O) groups is 2. The van der Waals surface area contributed by atoms with Crippen molar-refractivity contribution in [3.05, 3.63) is 0 Å². The van der Waals surface area contributed by atoms with Crippen molar-refractivity contribution in [3.8, 4) is 0 Å². The number of nitrogens with one attached hydrogen (secondary N) is 2. The Hall–Kier alpha value is -1.10. The van der Waals surface area contributed by atoms with E-state index in [0.717, 1.165) is 45.1 Å². The molecule has 19 heavy (non-hydrogen) atoms. The molecule has 0 aromatic carbocycles. The number of aliphatic carboxylic acids is 1. The molecule has 1 heterocycles. The summed E-state index contributed by atoms with van der Waals surface area (Å²) in [5.41, 5.74) is -0.458. The Kier molecular flexibility index (Phi) is 4.45. The molecule has 1 amide bonds. The molecule has 1 aliphatic heterocycles. The minimum absolute atomic E-state index is 0.00463. The SMILES string of the molecule is CCCC1(C(=O)NC(CC(=O)O)C2CC2)CCCN1. The molecule has 5 nitrogen and oxygen atoms in total. The first kappa shape index (κ1) is 14.3. The van der Waals surface area contributed by atoms with Crippen LogP contribution < -0.4 is 10.6 Å². The molecule has 108 valence electrons. The second kappa shape index (κ2) is 5.90. The van der Waals surface area contributed by atoms with Gasteiger partial charge in [-0.2, -0.15) is 0 Å². The molecule has 2 rings (SSSR count). The summed E-state index contributed by atoms with van der Waals surface area (Å²) >= 11 is 0.